The summed E-state index contributed by atoms with van der Waals surface area (Å²) in [4.78, 5) is 0. The Kier molecular flexibility index (Phi) is 3.73. The SMILES string of the molecule is CCCn1nccc1[C@@H](N)CC(F)(F)F. The molecule has 86 valence electrons. The van der Waals surface area contributed by atoms with Gasteiger partial charge in [-0.3, -0.25) is 4.68 Å². The Morgan fingerprint density at radius 3 is 2.73 bits per heavy atom. The van der Waals surface area contributed by atoms with Crippen molar-refractivity contribution in [1.82, 2.24) is 9.78 Å². The summed E-state index contributed by atoms with van der Waals surface area (Å²) >= 11 is 0. The molecule has 0 unspecified atom stereocenters. The van der Waals surface area contributed by atoms with Crippen LogP contribution in [0.25, 0.3) is 0 Å². The third-order valence-corrected chi connectivity index (χ3v) is 2.02. The molecule has 15 heavy (non-hydrogen) atoms. The van der Waals surface area contributed by atoms with Gasteiger partial charge in [0.1, 0.15) is 0 Å². The van der Waals surface area contributed by atoms with Crippen molar-refractivity contribution >= 4 is 0 Å². The number of aromatic nitrogens is 2. The molecule has 0 aromatic carbocycles. The fourth-order valence-corrected chi connectivity index (χ4v) is 1.41. The van der Waals surface area contributed by atoms with E-state index in [0.717, 1.165) is 6.42 Å². The van der Waals surface area contributed by atoms with Crippen LogP contribution in [0.15, 0.2) is 12.3 Å². The van der Waals surface area contributed by atoms with Crippen LogP contribution in [0.2, 0.25) is 0 Å². The topological polar surface area (TPSA) is 43.8 Å². The van der Waals surface area contributed by atoms with Gasteiger partial charge in [-0.1, -0.05) is 6.92 Å². The Morgan fingerprint density at radius 2 is 2.20 bits per heavy atom. The maximum absolute atomic E-state index is 12.1. The quantitative estimate of drug-likeness (QED) is 0.847. The Bertz CT molecular complexity index is 306. The summed E-state index contributed by atoms with van der Waals surface area (Å²) in [5.41, 5.74) is 5.91. The minimum atomic E-state index is -4.24. The second-order valence-corrected chi connectivity index (χ2v) is 3.41. The maximum atomic E-state index is 12.1. The largest absolute Gasteiger partial charge is 0.390 e. The molecule has 0 amide bonds. The molecule has 0 radical (unpaired) electrons. The zero-order chi connectivity index (χ0) is 11.5. The molecule has 6 heteroatoms. The first-order valence-corrected chi connectivity index (χ1v) is 4.78. The Morgan fingerprint density at radius 1 is 1.53 bits per heavy atom. The average Bonchev–Trinajstić information content (AvgIpc) is 2.49. The lowest BCUT2D eigenvalue weighted by Crippen LogP contribution is -2.23. The van der Waals surface area contributed by atoms with Crippen molar-refractivity contribution in [2.45, 2.75) is 38.5 Å². The van der Waals surface area contributed by atoms with Crippen molar-refractivity contribution in [2.75, 3.05) is 0 Å². The molecule has 0 aliphatic carbocycles. The number of halogens is 3. The molecule has 0 bridgehead atoms. The van der Waals surface area contributed by atoms with E-state index in [0.29, 0.717) is 12.2 Å². The van der Waals surface area contributed by atoms with Gasteiger partial charge in [0.05, 0.1) is 18.2 Å². The first kappa shape index (κ1) is 12.0. The highest BCUT2D eigenvalue weighted by Crippen LogP contribution is 2.27. The van der Waals surface area contributed by atoms with Crippen LogP contribution < -0.4 is 5.73 Å². The Labute approximate surface area is 86.1 Å². The van der Waals surface area contributed by atoms with Gasteiger partial charge < -0.3 is 5.73 Å². The smallest absolute Gasteiger partial charge is 0.322 e. The molecular weight excluding hydrogens is 207 g/mol. The van der Waals surface area contributed by atoms with Crippen LogP contribution >= 0.6 is 0 Å². The number of aryl methyl sites for hydroxylation is 1. The van der Waals surface area contributed by atoms with Crippen molar-refractivity contribution in [3.63, 3.8) is 0 Å². The van der Waals surface area contributed by atoms with Crippen molar-refractivity contribution in [1.29, 1.82) is 0 Å². The normalized spacial score (nSPS) is 14.2. The lowest BCUT2D eigenvalue weighted by atomic mass is 10.1. The summed E-state index contributed by atoms with van der Waals surface area (Å²) in [7, 11) is 0. The minimum absolute atomic E-state index is 0.439. The van der Waals surface area contributed by atoms with Gasteiger partial charge in [-0.15, -0.1) is 0 Å². The standard InChI is InChI=1S/C9H14F3N3/c1-2-5-15-8(3-4-14-15)7(13)6-9(10,11)12/h3-4,7H,2,5-6,13H2,1H3/t7-/m0/s1. The van der Waals surface area contributed by atoms with Gasteiger partial charge in [-0.05, 0) is 12.5 Å². The molecule has 0 aliphatic rings. The van der Waals surface area contributed by atoms with Crippen LogP contribution in [0.4, 0.5) is 13.2 Å². The summed E-state index contributed by atoms with van der Waals surface area (Å²) in [6.45, 7) is 2.52. The highest BCUT2D eigenvalue weighted by molar-refractivity contribution is 5.06. The fourth-order valence-electron chi connectivity index (χ4n) is 1.41. The number of hydrogen-bond donors (Lipinski definition) is 1. The lowest BCUT2D eigenvalue weighted by molar-refractivity contribution is -0.138. The van der Waals surface area contributed by atoms with Crippen LogP contribution in [-0.2, 0) is 6.54 Å². The zero-order valence-electron chi connectivity index (χ0n) is 8.46. The summed E-state index contributed by atoms with van der Waals surface area (Å²) in [5, 5.41) is 3.93. The predicted octanol–water partition coefficient (Wildman–Crippen LogP) is 2.25. The van der Waals surface area contributed by atoms with Gasteiger partial charge in [0, 0.05) is 12.7 Å². The monoisotopic (exact) mass is 221 g/mol. The van der Waals surface area contributed by atoms with Crippen LogP contribution in [0, 0.1) is 0 Å². The van der Waals surface area contributed by atoms with E-state index in [1.807, 2.05) is 6.92 Å². The second-order valence-electron chi connectivity index (χ2n) is 3.41. The molecule has 0 saturated carbocycles. The van der Waals surface area contributed by atoms with E-state index in [-0.39, 0.29) is 0 Å². The zero-order valence-corrected chi connectivity index (χ0v) is 8.46. The molecule has 0 spiro atoms. The van der Waals surface area contributed by atoms with E-state index in [4.69, 9.17) is 5.73 Å². The number of nitrogens with two attached hydrogens (primary N) is 1. The van der Waals surface area contributed by atoms with Gasteiger partial charge in [0.25, 0.3) is 0 Å². The molecule has 3 nitrogen and oxygen atoms in total. The van der Waals surface area contributed by atoms with Crippen molar-refractivity contribution < 1.29 is 13.2 Å². The Balaban J connectivity index is 2.72. The first-order chi connectivity index (χ1) is 6.94. The molecular formula is C9H14F3N3. The molecule has 1 heterocycles. The number of hydrogen-bond acceptors (Lipinski definition) is 2. The van der Waals surface area contributed by atoms with Gasteiger partial charge in [-0.2, -0.15) is 18.3 Å². The molecule has 0 aliphatic heterocycles. The summed E-state index contributed by atoms with van der Waals surface area (Å²) in [5.74, 6) is 0. The summed E-state index contributed by atoms with van der Waals surface area (Å²) < 4.78 is 37.8. The van der Waals surface area contributed by atoms with E-state index in [1.165, 1.54) is 16.9 Å². The molecule has 2 N–H and O–H groups in total. The van der Waals surface area contributed by atoms with E-state index in [1.54, 1.807) is 0 Å². The lowest BCUT2D eigenvalue weighted by Gasteiger charge is -2.15. The number of rotatable bonds is 4. The van der Waals surface area contributed by atoms with Crippen molar-refractivity contribution in [2.24, 2.45) is 5.73 Å². The Hall–Kier alpha value is -1.04. The third-order valence-electron chi connectivity index (χ3n) is 2.02. The van der Waals surface area contributed by atoms with Crippen LogP contribution in [0.3, 0.4) is 0 Å². The highest BCUT2D eigenvalue weighted by Gasteiger charge is 2.31. The van der Waals surface area contributed by atoms with E-state index in [9.17, 15) is 13.2 Å². The van der Waals surface area contributed by atoms with Gasteiger partial charge >= 0.3 is 6.18 Å². The van der Waals surface area contributed by atoms with Crippen molar-refractivity contribution in [3.8, 4) is 0 Å². The molecule has 1 aromatic rings. The van der Waals surface area contributed by atoms with Crippen molar-refractivity contribution in [3.05, 3.63) is 18.0 Å². The molecule has 0 fully saturated rings. The van der Waals surface area contributed by atoms with Gasteiger partial charge in [-0.25, -0.2) is 0 Å². The van der Waals surface area contributed by atoms with Gasteiger partial charge in [0.2, 0.25) is 0 Å². The van der Waals surface area contributed by atoms with Crippen LogP contribution in [0.1, 0.15) is 31.5 Å². The summed E-state index contributed by atoms with van der Waals surface area (Å²) in [6.07, 6.45) is -2.96. The average molecular weight is 221 g/mol. The minimum Gasteiger partial charge on any atom is -0.322 e. The molecule has 1 rings (SSSR count). The maximum Gasteiger partial charge on any atom is 0.390 e. The van der Waals surface area contributed by atoms with Crippen LogP contribution in [0.5, 0.6) is 0 Å². The van der Waals surface area contributed by atoms with E-state index in [2.05, 4.69) is 5.10 Å². The number of nitrogens with zero attached hydrogens (tertiary/aromatic N) is 2. The highest BCUT2D eigenvalue weighted by atomic mass is 19.4. The third kappa shape index (κ3) is 3.54. The molecule has 1 atom stereocenters. The van der Waals surface area contributed by atoms with E-state index >= 15 is 0 Å². The second kappa shape index (κ2) is 4.65. The predicted molar refractivity (Wildman–Crippen MR) is 50.1 cm³/mol. The van der Waals surface area contributed by atoms with E-state index < -0.39 is 18.6 Å². The van der Waals surface area contributed by atoms with Gasteiger partial charge in [0.15, 0.2) is 0 Å². The molecule has 1 aromatic heterocycles. The van der Waals surface area contributed by atoms with Crippen LogP contribution in [-0.4, -0.2) is 16.0 Å². The summed E-state index contributed by atoms with van der Waals surface area (Å²) in [6, 6.07) is 0.505. The number of alkyl halides is 3. The first-order valence-electron chi connectivity index (χ1n) is 4.78. The molecule has 0 saturated heterocycles. The fraction of sp³-hybridized carbons (Fsp3) is 0.667.